The molecule has 0 aliphatic heterocycles. The standard InChI is InChI=1S/C15H15N5O3S/c1-16-14(21)13-12(9-24-15-17-7-8-18(15)2)19(22)10-5-3-4-6-11(10)20(13)23/h3-8H,9H2,1-2H3,(H,16,21). The van der Waals surface area contributed by atoms with Crippen molar-refractivity contribution in [3.63, 3.8) is 0 Å². The van der Waals surface area contributed by atoms with Crippen molar-refractivity contribution in [1.82, 2.24) is 14.9 Å². The molecular weight excluding hydrogens is 330 g/mol. The van der Waals surface area contributed by atoms with Crippen LogP contribution in [-0.4, -0.2) is 22.5 Å². The third kappa shape index (κ3) is 2.62. The van der Waals surface area contributed by atoms with Crippen molar-refractivity contribution in [2.24, 2.45) is 7.05 Å². The molecule has 0 aliphatic carbocycles. The van der Waals surface area contributed by atoms with E-state index in [0.29, 0.717) is 14.6 Å². The van der Waals surface area contributed by atoms with Gasteiger partial charge in [-0.05, 0) is 0 Å². The van der Waals surface area contributed by atoms with Gasteiger partial charge in [0.15, 0.2) is 5.16 Å². The molecule has 0 radical (unpaired) electrons. The first-order valence-corrected chi connectivity index (χ1v) is 8.12. The number of thioether (sulfide) groups is 1. The number of rotatable bonds is 4. The van der Waals surface area contributed by atoms with Crippen LogP contribution in [0.15, 0.2) is 41.8 Å². The zero-order valence-corrected chi connectivity index (χ0v) is 13.9. The molecule has 2 heterocycles. The highest BCUT2D eigenvalue weighted by Crippen LogP contribution is 2.21. The smallest absolute Gasteiger partial charge is 0.352 e. The number of hydrogen-bond acceptors (Lipinski definition) is 5. The number of imidazole rings is 1. The first kappa shape index (κ1) is 16.1. The topological polar surface area (TPSA) is 101 Å². The van der Waals surface area contributed by atoms with Gasteiger partial charge in [0.1, 0.15) is 0 Å². The third-order valence-electron chi connectivity index (χ3n) is 3.60. The number of para-hydroxylation sites is 2. The largest absolute Gasteiger partial charge is 0.618 e. The molecule has 1 aromatic carbocycles. The minimum absolute atomic E-state index is 0.0936. The lowest BCUT2D eigenvalue weighted by Gasteiger charge is -2.12. The van der Waals surface area contributed by atoms with Crippen LogP contribution in [0.2, 0.25) is 0 Å². The Morgan fingerprint density at radius 2 is 1.96 bits per heavy atom. The third-order valence-corrected chi connectivity index (χ3v) is 4.67. The van der Waals surface area contributed by atoms with Crippen LogP contribution < -0.4 is 14.8 Å². The summed E-state index contributed by atoms with van der Waals surface area (Å²) in [4.78, 5) is 16.3. The summed E-state index contributed by atoms with van der Waals surface area (Å²) in [6, 6.07) is 6.39. The van der Waals surface area contributed by atoms with Crippen LogP contribution in [0.5, 0.6) is 0 Å². The fraction of sp³-hybridized carbons (Fsp3) is 0.200. The number of hydrogen-bond donors (Lipinski definition) is 1. The predicted molar refractivity (Wildman–Crippen MR) is 88.0 cm³/mol. The molecule has 24 heavy (non-hydrogen) atoms. The van der Waals surface area contributed by atoms with Crippen LogP contribution in [0, 0.1) is 10.4 Å². The Morgan fingerprint density at radius 1 is 1.29 bits per heavy atom. The molecule has 1 N–H and O–H groups in total. The molecule has 124 valence electrons. The van der Waals surface area contributed by atoms with Gasteiger partial charge in [0.2, 0.25) is 0 Å². The molecule has 0 aliphatic rings. The fourth-order valence-electron chi connectivity index (χ4n) is 2.38. The van der Waals surface area contributed by atoms with Crippen LogP contribution >= 0.6 is 11.8 Å². The number of aryl methyl sites for hydroxylation is 1. The minimum atomic E-state index is -0.601. The second-order valence-corrected chi connectivity index (χ2v) is 6.00. The molecule has 0 saturated carbocycles. The first-order valence-electron chi connectivity index (χ1n) is 7.13. The van der Waals surface area contributed by atoms with Crippen molar-refractivity contribution in [2.45, 2.75) is 10.9 Å². The highest BCUT2D eigenvalue weighted by molar-refractivity contribution is 7.98. The molecule has 0 unspecified atom stereocenters. The average molecular weight is 345 g/mol. The summed E-state index contributed by atoms with van der Waals surface area (Å²) < 4.78 is 2.95. The summed E-state index contributed by atoms with van der Waals surface area (Å²) in [7, 11) is 3.25. The number of carbonyl (C=O) groups is 1. The van der Waals surface area contributed by atoms with Crippen LogP contribution in [0.4, 0.5) is 0 Å². The maximum Gasteiger partial charge on any atom is 0.352 e. The molecule has 3 rings (SSSR count). The number of nitrogens with one attached hydrogen (secondary N) is 1. The Labute approximate surface area is 141 Å². The van der Waals surface area contributed by atoms with Crippen LogP contribution in [0.25, 0.3) is 11.0 Å². The predicted octanol–water partition coefficient (Wildman–Crippen LogP) is 0.492. The van der Waals surface area contributed by atoms with E-state index in [4.69, 9.17) is 0 Å². The van der Waals surface area contributed by atoms with E-state index in [1.165, 1.54) is 24.9 Å². The number of aromatic nitrogens is 4. The van der Waals surface area contributed by atoms with Gasteiger partial charge in [0, 0.05) is 38.6 Å². The van der Waals surface area contributed by atoms with Crippen LogP contribution in [0.1, 0.15) is 16.2 Å². The zero-order valence-electron chi connectivity index (χ0n) is 13.1. The Balaban J connectivity index is 2.15. The Hall–Kier alpha value is -2.81. The van der Waals surface area contributed by atoms with Gasteiger partial charge in [-0.2, -0.15) is 4.73 Å². The quantitative estimate of drug-likeness (QED) is 0.421. The number of amides is 1. The summed E-state index contributed by atoms with van der Waals surface area (Å²) in [6.07, 6.45) is 3.42. The molecule has 9 heteroatoms. The van der Waals surface area contributed by atoms with Crippen molar-refractivity contribution in [2.75, 3.05) is 7.05 Å². The van der Waals surface area contributed by atoms with Gasteiger partial charge in [-0.1, -0.05) is 23.9 Å². The molecule has 0 fully saturated rings. The lowest BCUT2D eigenvalue weighted by molar-refractivity contribution is -0.635. The van der Waals surface area contributed by atoms with Crippen molar-refractivity contribution < 1.29 is 14.3 Å². The lowest BCUT2D eigenvalue weighted by Crippen LogP contribution is -2.49. The Kier molecular flexibility index (Phi) is 4.26. The summed E-state index contributed by atoms with van der Waals surface area (Å²) >= 11 is 1.28. The minimum Gasteiger partial charge on any atom is -0.618 e. The maximum absolute atomic E-state index is 12.7. The van der Waals surface area contributed by atoms with Crippen molar-refractivity contribution >= 4 is 28.7 Å². The van der Waals surface area contributed by atoms with Gasteiger partial charge >= 0.3 is 11.6 Å². The number of carbonyl (C=O) groups excluding carboxylic acids is 1. The molecule has 0 bridgehead atoms. The summed E-state index contributed by atoms with van der Waals surface area (Å²) in [5, 5.41) is 28.4. The molecule has 1 amide bonds. The van der Waals surface area contributed by atoms with Gasteiger partial charge in [0.25, 0.3) is 16.7 Å². The van der Waals surface area contributed by atoms with Gasteiger partial charge in [-0.3, -0.25) is 4.79 Å². The summed E-state index contributed by atoms with van der Waals surface area (Å²) in [6.45, 7) is 0. The van der Waals surface area contributed by atoms with E-state index in [1.54, 1.807) is 35.2 Å². The molecule has 3 aromatic rings. The van der Waals surface area contributed by atoms with Crippen molar-refractivity contribution in [3.8, 4) is 0 Å². The van der Waals surface area contributed by atoms with E-state index < -0.39 is 5.91 Å². The van der Waals surface area contributed by atoms with E-state index in [1.807, 2.05) is 7.05 Å². The van der Waals surface area contributed by atoms with E-state index >= 15 is 0 Å². The summed E-state index contributed by atoms with van der Waals surface area (Å²) in [5.74, 6) is -0.458. The molecule has 0 atom stereocenters. The van der Waals surface area contributed by atoms with E-state index in [2.05, 4.69) is 10.3 Å². The zero-order chi connectivity index (χ0) is 17.3. The second-order valence-electron chi connectivity index (χ2n) is 5.06. The van der Waals surface area contributed by atoms with E-state index in [-0.39, 0.29) is 28.2 Å². The number of nitrogens with zero attached hydrogens (tertiary/aromatic N) is 4. The van der Waals surface area contributed by atoms with Gasteiger partial charge in [0.05, 0.1) is 5.75 Å². The van der Waals surface area contributed by atoms with E-state index in [9.17, 15) is 15.2 Å². The normalized spacial score (nSPS) is 10.9. The number of benzene rings is 1. The lowest BCUT2D eigenvalue weighted by atomic mass is 10.2. The summed E-state index contributed by atoms with van der Waals surface area (Å²) in [5.41, 5.74) is 0.261. The first-order chi connectivity index (χ1) is 11.5. The van der Waals surface area contributed by atoms with Crippen LogP contribution in [0.3, 0.4) is 0 Å². The highest BCUT2D eigenvalue weighted by Gasteiger charge is 2.33. The number of fused-ring (bicyclic) bond motifs is 1. The fourth-order valence-corrected chi connectivity index (χ4v) is 3.30. The molecular formula is C15H15N5O3S. The monoisotopic (exact) mass is 345 g/mol. The molecule has 0 saturated heterocycles. The Morgan fingerprint density at radius 3 is 2.54 bits per heavy atom. The Bertz CT molecular complexity index is 925. The van der Waals surface area contributed by atoms with Crippen molar-refractivity contribution in [3.05, 3.63) is 58.5 Å². The van der Waals surface area contributed by atoms with Gasteiger partial charge in [-0.25, -0.2) is 4.98 Å². The molecule has 8 nitrogen and oxygen atoms in total. The van der Waals surface area contributed by atoms with Gasteiger partial charge < -0.3 is 20.3 Å². The van der Waals surface area contributed by atoms with Gasteiger partial charge in [-0.15, -0.1) is 4.73 Å². The van der Waals surface area contributed by atoms with E-state index in [0.717, 1.165) is 0 Å². The highest BCUT2D eigenvalue weighted by atomic mass is 32.2. The average Bonchev–Trinajstić information content (AvgIpc) is 3.01. The molecule has 0 spiro atoms. The van der Waals surface area contributed by atoms with Crippen molar-refractivity contribution in [1.29, 1.82) is 0 Å². The molecule has 2 aromatic heterocycles. The second kappa shape index (κ2) is 6.36. The SMILES string of the molecule is CNC(=O)c1c(CSc2nccn2C)[n+]([O-])c2ccccc2[n+]1[O-]. The maximum atomic E-state index is 12.7. The van der Waals surface area contributed by atoms with Crippen LogP contribution in [-0.2, 0) is 12.8 Å².